The number of hydrogen-bond donors (Lipinski definition) is 3. The van der Waals surface area contributed by atoms with Crippen molar-refractivity contribution in [2.24, 2.45) is 34.5 Å². The van der Waals surface area contributed by atoms with Crippen molar-refractivity contribution >= 4 is 126 Å². The van der Waals surface area contributed by atoms with Gasteiger partial charge in [-0.25, -0.2) is 9.97 Å². The molecule has 3 N–H and O–H groups in total. The van der Waals surface area contributed by atoms with Gasteiger partial charge in [0.2, 0.25) is 0 Å². The lowest BCUT2D eigenvalue weighted by Crippen LogP contribution is -2.48. The molecule has 15 nitrogen and oxygen atoms in total. The van der Waals surface area contributed by atoms with E-state index in [4.69, 9.17) is 31.7 Å². The number of aromatic amines is 2. The molecule has 0 radical (unpaired) electrons. The van der Waals surface area contributed by atoms with Crippen LogP contribution < -0.4 is 25.1 Å². The quantitative estimate of drug-likeness (QED) is 0.0779. The van der Waals surface area contributed by atoms with Crippen LogP contribution in [0.15, 0.2) is 33.9 Å². The number of thiocarbonyl (C=S) groups is 1. The van der Waals surface area contributed by atoms with Gasteiger partial charge < -0.3 is 34.0 Å². The van der Waals surface area contributed by atoms with E-state index in [1.165, 1.54) is 89.0 Å². The Morgan fingerprint density at radius 2 is 1.13 bits per heavy atom. The Morgan fingerprint density at radius 3 is 1.60 bits per heavy atom. The normalized spacial score (nSPS) is 26.8. The number of ether oxygens (including phenoxy) is 2. The van der Waals surface area contributed by atoms with Crippen LogP contribution in [0, 0.1) is 55.7 Å². The van der Waals surface area contributed by atoms with Crippen molar-refractivity contribution in [2.45, 2.75) is 233 Å². The molecule has 6 fully saturated rings. The molecule has 8 bridgehead atoms. The van der Waals surface area contributed by atoms with Gasteiger partial charge in [0.1, 0.15) is 30.4 Å². The van der Waals surface area contributed by atoms with Crippen LogP contribution in [0.2, 0.25) is 0 Å². The van der Waals surface area contributed by atoms with Gasteiger partial charge in [-0.1, -0.05) is 94.8 Å². The minimum Gasteiger partial charge on any atom is -0.480 e. The number of thioether (sulfide) groups is 1. The van der Waals surface area contributed by atoms with Gasteiger partial charge in [0, 0.05) is 67.5 Å². The molecule has 13 rings (SSSR count). The first-order valence-electron chi connectivity index (χ1n) is 36.1. The fraction of sp³-hybridized carbons (Fsp3) is 0.577. The minimum absolute atomic E-state index is 0.0498. The number of hydrogen-bond acceptors (Lipinski definition) is 13. The van der Waals surface area contributed by atoms with E-state index in [9.17, 15) is 24.3 Å². The lowest BCUT2D eigenvalue weighted by molar-refractivity contribution is -0.137. The Balaban J connectivity index is 0.928. The first-order chi connectivity index (χ1) is 46.6. The number of nitrogens with zero attached hydrogens (tertiary/aromatic N) is 6. The Kier molecular flexibility index (Phi) is 20.6. The zero-order valence-electron chi connectivity index (χ0n) is 58.4. The molecule has 8 aliphatic rings. The summed E-state index contributed by atoms with van der Waals surface area (Å²) in [6.07, 6.45) is 32.0. The van der Waals surface area contributed by atoms with Crippen LogP contribution in [0.1, 0.15) is 235 Å². The third kappa shape index (κ3) is 14.2. The number of rotatable bonds is 12. The van der Waals surface area contributed by atoms with Crippen molar-refractivity contribution in [1.29, 1.82) is 0 Å². The van der Waals surface area contributed by atoms with Gasteiger partial charge in [0.25, 0.3) is 16.2 Å². The number of methoxy groups -OCH3 is 2. The fourth-order valence-corrected chi connectivity index (χ4v) is 21.3. The van der Waals surface area contributed by atoms with Crippen LogP contribution in [0.5, 0.6) is 0 Å². The lowest BCUT2D eigenvalue weighted by Gasteiger charge is -2.48. The molecule has 1 amide bonds. The van der Waals surface area contributed by atoms with Gasteiger partial charge in [-0.3, -0.25) is 28.6 Å². The average Bonchev–Trinajstić information content (AvgIpc) is 1.64. The first-order valence-corrected chi connectivity index (χ1v) is 38.9. The van der Waals surface area contributed by atoms with Crippen molar-refractivity contribution in [3.8, 4) is 11.8 Å². The summed E-state index contributed by atoms with van der Waals surface area (Å²) in [5.41, 5.74) is 12.8. The second-order valence-electron chi connectivity index (χ2n) is 30.8. The van der Waals surface area contributed by atoms with Crippen molar-refractivity contribution < 1.29 is 24.2 Å². The highest BCUT2D eigenvalue weighted by Gasteiger charge is 2.40. The summed E-state index contributed by atoms with van der Waals surface area (Å²) in [6.45, 7) is 18.5. The summed E-state index contributed by atoms with van der Waals surface area (Å²) in [7, 11) is 3.70. The molecule has 0 unspecified atom stereocenters. The molecule has 19 heteroatoms. The summed E-state index contributed by atoms with van der Waals surface area (Å²) in [5, 5.41) is 10.9. The van der Waals surface area contributed by atoms with E-state index >= 15 is 0 Å². The Hall–Kier alpha value is -6.14. The standard InChI is InChI=1S/C78H98N8O7S4/c1-11-83-69(72-84(12-2)71(90)76(94)97-72)75(91)96-73(83)74-85(44-65(87)88)70(89)64(95-74)43-46-15-13-45(14-16-46)17-34-55-56-35-37-58(79-56)66(47-18-30-53(92-9)31-19-47)60-39-41-62(81-60)68(63-42-40-61(82-63)67(59-38-36-57(55)80-59)48-20-32-54(93-10)33-21-48)86(51-26-22-49(23-27-51)77(3,4)5)52-28-24-50(25-29-52)78(6,7)8/h35-43,45-54,81-82H,11-16,18-33,44H2,1-10H3,(H,87,88)/b56-55?,57-55?,64-43?,66-58?,66-60?,67-59?,67-61?,68-62?,68-63?,72-69+,74-73+. The Bertz CT molecular complexity index is 4360. The maximum atomic E-state index is 14.4. The van der Waals surface area contributed by atoms with Crippen LogP contribution in [-0.4, -0.2) is 100 Å². The van der Waals surface area contributed by atoms with Crippen LogP contribution in [-0.2, 0) is 32.2 Å². The summed E-state index contributed by atoms with van der Waals surface area (Å²) in [5.74, 6) is 8.09. The molecular formula is C78H98N8O7S4. The minimum atomic E-state index is -1.16. The van der Waals surface area contributed by atoms with E-state index in [1.54, 1.807) is 4.57 Å². The molecule has 1 saturated heterocycles. The molecule has 8 heterocycles. The first kappa shape index (κ1) is 69.3. The zero-order chi connectivity index (χ0) is 68.2. The highest BCUT2D eigenvalue weighted by Crippen LogP contribution is 2.48. The fourth-order valence-electron chi connectivity index (χ4n) is 17.5. The van der Waals surface area contributed by atoms with E-state index in [2.05, 4.69) is 117 Å². The number of aromatic nitrogens is 6. The zero-order valence-corrected chi connectivity index (χ0v) is 61.7. The van der Waals surface area contributed by atoms with E-state index in [0.29, 0.717) is 61.2 Å². The predicted molar refractivity (Wildman–Crippen MR) is 401 cm³/mol. The van der Waals surface area contributed by atoms with Crippen molar-refractivity contribution in [3.05, 3.63) is 103 Å². The largest absolute Gasteiger partial charge is 0.480 e. The number of nitrogens with one attached hydrogen (secondary N) is 2. The van der Waals surface area contributed by atoms with E-state index < -0.39 is 18.1 Å². The van der Waals surface area contributed by atoms with E-state index in [0.717, 1.165) is 151 Å². The number of carboxylic acids is 1. The van der Waals surface area contributed by atoms with Gasteiger partial charge in [-0.2, -0.15) is 0 Å². The van der Waals surface area contributed by atoms with Gasteiger partial charge in [0.15, 0.2) is 0 Å². The van der Waals surface area contributed by atoms with Crippen LogP contribution in [0.4, 0.5) is 5.69 Å². The number of anilines is 1. The molecule has 5 aliphatic carbocycles. The second-order valence-corrected chi connectivity index (χ2v) is 34.4. The summed E-state index contributed by atoms with van der Waals surface area (Å²) >= 11 is 8.65. The predicted octanol–water partition coefficient (Wildman–Crippen LogP) is 15.5. The molecule has 5 aromatic rings. The van der Waals surface area contributed by atoms with Gasteiger partial charge >= 0.3 is 5.97 Å². The van der Waals surface area contributed by atoms with Gasteiger partial charge in [-0.05, 0) is 231 Å². The molecule has 0 aromatic carbocycles. The molecule has 516 valence electrons. The third-order valence-corrected chi connectivity index (χ3v) is 26.7. The summed E-state index contributed by atoms with van der Waals surface area (Å²) in [6, 6.07) is 10.3. The number of amides is 1. The Labute approximate surface area is 588 Å². The topological polar surface area (TPSA) is 181 Å². The molecule has 0 atom stereocenters. The Morgan fingerprint density at radius 1 is 0.649 bits per heavy atom. The van der Waals surface area contributed by atoms with Crippen LogP contribution >= 0.6 is 46.7 Å². The second kappa shape index (κ2) is 28.8. The highest BCUT2D eigenvalue weighted by atomic mass is 32.2. The molecule has 5 saturated carbocycles. The van der Waals surface area contributed by atoms with Gasteiger partial charge in [0.05, 0.1) is 61.8 Å². The number of aliphatic carboxylic acids is 1. The average molecular weight is 1390 g/mol. The van der Waals surface area contributed by atoms with E-state index in [1.807, 2.05) is 34.1 Å². The maximum absolute atomic E-state index is 14.4. The molecule has 0 spiro atoms. The summed E-state index contributed by atoms with van der Waals surface area (Å²) < 4.78 is 16.3. The third-order valence-electron chi connectivity index (χ3n) is 23.1. The number of carbonyl (C=O) groups is 2. The van der Waals surface area contributed by atoms with Crippen LogP contribution in [0.25, 0.3) is 57.5 Å². The summed E-state index contributed by atoms with van der Waals surface area (Å²) in [4.78, 5) is 77.9. The highest BCUT2D eigenvalue weighted by molar-refractivity contribution is 8.31. The number of thiazole rings is 2. The maximum Gasteiger partial charge on any atom is 0.323 e. The molecule has 5 aromatic heterocycles. The van der Waals surface area contributed by atoms with Crippen molar-refractivity contribution in [2.75, 3.05) is 25.7 Å². The number of fused-ring (bicyclic) bond motifs is 8. The molecule has 3 aliphatic heterocycles. The number of H-pyrrole nitrogens is 2. The van der Waals surface area contributed by atoms with E-state index in [-0.39, 0.29) is 61.6 Å². The number of carboxylic acid groups (broad SMARTS) is 1. The van der Waals surface area contributed by atoms with Crippen molar-refractivity contribution in [1.82, 2.24) is 34.0 Å². The van der Waals surface area contributed by atoms with Crippen molar-refractivity contribution in [3.63, 3.8) is 0 Å². The monoisotopic (exact) mass is 1390 g/mol. The van der Waals surface area contributed by atoms with Crippen LogP contribution in [0.3, 0.4) is 0 Å². The SMILES string of the molecule is CCN1C(=O)C(=S)S/C1=c1\c(=O)s/c(=c2/sc(=CC3CCC(C#Cc4c5nc(c(C6CCC(OC)CC6)c6ccc([nH]6)c(N(C6CCC(C(C)(C)C)CC6)C6CCC(C(C)(C)C)CC6)c6ccc([nH]6)c(C6CCC(OC)CC6)c6nc4C=C6)C=C5)CC3)c(=O)n2CC(=O)O)n1CC. The van der Waals surface area contributed by atoms with Gasteiger partial charge in [-0.15, -0.1) is 11.3 Å². The smallest absolute Gasteiger partial charge is 0.323 e. The molecule has 97 heavy (non-hydrogen) atoms. The lowest BCUT2D eigenvalue weighted by atomic mass is 9.69. The molecular weight excluding hydrogens is 1290 g/mol. The number of carbonyl (C=O) groups excluding carboxylic acids is 1.